The molecule has 0 unspecified atom stereocenters. The fourth-order valence-corrected chi connectivity index (χ4v) is 3.32. The van der Waals surface area contributed by atoms with Crippen LogP contribution in [0.15, 0.2) is 0 Å². The zero-order valence-corrected chi connectivity index (χ0v) is 12.9. The van der Waals surface area contributed by atoms with Gasteiger partial charge < -0.3 is 15.5 Å². The number of carbonyl (C=O) groups excluding carboxylic acids is 2. The van der Waals surface area contributed by atoms with Gasteiger partial charge >= 0.3 is 16.4 Å². The lowest BCUT2D eigenvalue weighted by Gasteiger charge is -2.32. The molecule has 3 aliphatic rings. The molecule has 0 aromatic rings. The zero-order valence-electron chi connectivity index (χ0n) is 16.1. The Morgan fingerprint density at radius 2 is 2.09 bits per heavy atom. The molecular weight excluding hydrogens is 328 g/mol. The van der Waals surface area contributed by atoms with Crippen molar-refractivity contribution in [2.24, 2.45) is 0 Å². The molecule has 0 spiro atoms. The van der Waals surface area contributed by atoms with E-state index in [0.29, 0.717) is 5.06 Å². The Balaban J connectivity index is 1.74. The minimum atomic E-state index is -4.90. The van der Waals surface area contributed by atoms with E-state index in [4.69, 9.17) is 10.0 Å². The number of rotatable bonds is 4. The van der Waals surface area contributed by atoms with Crippen LogP contribution in [0.2, 0.25) is 0 Å². The van der Waals surface area contributed by atoms with Crippen LogP contribution >= 0.6 is 0 Å². The van der Waals surface area contributed by atoms with E-state index >= 15 is 0 Å². The summed E-state index contributed by atoms with van der Waals surface area (Å²) >= 11 is 0. The Morgan fingerprint density at radius 1 is 1.39 bits per heavy atom. The summed E-state index contributed by atoms with van der Waals surface area (Å²) in [6, 6.07) is -4.00. The number of urea groups is 1. The summed E-state index contributed by atoms with van der Waals surface area (Å²) in [6.07, 6.45) is -3.69. The molecule has 3 amide bonds. The Bertz CT molecular complexity index is 734. The molecule has 130 valence electrons. The van der Waals surface area contributed by atoms with Gasteiger partial charge in [-0.05, 0) is 38.7 Å². The van der Waals surface area contributed by atoms with Crippen molar-refractivity contribution in [2.45, 2.75) is 43.7 Å². The maximum absolute atomic E-state index is 12.7. The van der Waals surface area contributed by atoms with Gasteiger partial charge in [0.05, 0.1) is 6.04 Å². The molecule has 0 aliphatic carbocycles. The molecular formula is C12H20N4O6S. The fourth-order valence-electron chi connectivity index (χ4n) is 2.93. The monoisotopic (exact) mass is 352 g/mol. The predicted molar refractivity (Wildman–Crippen MR) is 77.4 cm³/mol. The predicted octanol–water partition coefficient (Wildman–Crippen LogP) is -1.14. The number of nitrogens with one attached hydrogen (secondary N) is 2. The first kappa shape index (κ1) is 12.0. The van der Waals surface area contributed by atoms with Crippen LogP contribution in [0.25, 0.3) is 0 Å². The van der Waals surface area contributed by atoms with Crippen molar-refractivity contribution in [1.29, 1.82) is 0 Å². The van der Waals surface area contributed by atoms with Gasteiger partial charge in [-0.15, -0.1) is 4.28 Å². The van der Waals surface area contributed by atoms with Gasteiger partial charge in [0.25, 0.3) is 0 Å². The van der Waals surface area contributed by atoms with Crippen LogP contribution < -0.4 is 10.6 Å². The van der Waals surface area contributed by atoms with Gasteiger partial charge in [-0.1, -0.05) is 0 Å². The summed E-state index contributed by atoms with van der Waals surface area (Å²) in [4.78, 5) is 26.1. The lowest BCUT2D eigenvalue weighted by atomic mass is 9.99. The van der Waals surface area contributed by atoms with Gasteiger partial charge in [-0.25, -0.2) is 4.79 Å². The highest BCUT2D eigenvalue weighted by Crippen LogP contribution is 2.30. The van der Waals surface area contributed by atoms with Gasteiger partial charge in [0, 0.05) is 18.1 Å². The molecule has 3 rings (SSSR count). The van der Waals surface area contributed by atoms with Gasteiger partial charge in [0.15, 0.2) is 0 Å². The molecule has 0 aromatic carbocycles. The van der Waals surface area contributed by atoms with Crippen LogP contribution in [0.4, 0.5) is 4.79 Å². The van der Waals surface area contributed by atoms with Crippen molar-refractivity contribution in [3.8, 4) is 0 Å². The van der Waals surface area contributed by atoms with Crippen LogP contribution in [-0.2, 0) is 19.5 Å². The second kappa shape index (κ2) is 6.23. The zero-order chi connectivity index (χ0) is 20.2. The molecule has 0 saturated carbocycles. The van der Waals surface area contributed by atoms with Crippen molar-refractivity contribution < 1.29 is 32.3 Å². The highest BCUT2D eigenvalue weighted by atomic mass is 32.3. The van der Waals surface area contributed by atoms with Crippen molar-refractivity contribution in [3.05, 3.63) is 0 Å². The Labute approximate surface area is 139 Å². The summed E-state index contributed by atoms with van der Waals surface area (Å²) in [7, 11) is -4.90. The molecule has 3 saturated heterocycles. The first-order valence-corrected chi connectivity index (χ1v) is 8.46. The Morgan fingerprint density at radius 3 is 2.74 bits per heavy atom. The molecule has 3 N–H and O–H groups in total. The number of hydrogen-bond acceptors (Lipinski definition) is 6. The van der Waals surface area contributed by atoms with Crippen LogP contribution in [0.3, 0.4) is 0 Å². The summed E-state index contributed by atoms with van der Waals surface area (Å²) < 4.78 is 66.7. The second-order valence-electron chi connectivity index (χ2n) is 5.46. The maximum atomic E-state index is 12.7. The molecule has 3 aliphatic heterocycles. The van der Waals surface area contributed by atoms with Crippen LogP contribution in [0.1, 0.15) is 31.1 Å². The van der Waals surface area contributed by atoms with Crippen LogP contribution in [0.5, 0.6) is 0 Å². The number of piperidine rings is 2. The van der Waals surface area contributed by atoms with Crippen molar-refractivity contribution in [2.75, 3.05) is 19.6 Å². The lowest BCUT2D eigenvalue weighted by Crippen LogP contribution is -2.53. The minimum Gasteiger partial charge on any atom is -0.351 e. The summed E-state index contributed by atoms with van der Waals surface area (Å²) in [5.41, 5.74) is 0. The average Bonchev–Trinajstić information content (AvgIpc) is 2.74. The van der Waals surface area contributed by atoms with Gasteiger partial charge in [0.2, 0.25) is 5.91 Å². The van der Waals surface area contributed by atoms with E-state index in [1.54, 1.807) is 0 Å². The first-order chi connectivity index (χ1) is 12.3. The molecule has 2 atom stereocenters. The minimum absolute atomic E-state index is 0.00154. The summed E-state index contributed by atoms with van der Waals surface area (Å²) in [6.45, 7) is -0.274. The lowest BCUT2D eigenvalue weighted by molar-refractivity contribution is -0.127. The fraction of sp³-hybridized carbons (Fsp3) is 0.833. The largest absolute Gasteiger partial charge is 0.418 e. The topological polar surface area (TPSA) is 128 Å². The van der Waals surface area contributed by atoms with Crippen molar-refractivity contribution >= 4 is 22.3 Å². The smallest absolute Gasteiger partial charge is 0.351 e. The van der Waals surface area contributed by atoms with E-state index in [9.17, 15) is 18.0 Å². The van der Waals surface area contributed by atoms with Gasteiger partial charge in [0.1, 0.15) is 6.04 Å². The second-order valence-corrected chi connectivity index (χ2v) is 6.47. The van der Waals surface area contributed by atoms with Gasteiger partial charge in [-0.3, -0.25) is 9.35 Å². The third-order valence-corrected chi connectivity index (χ3v) is 4.30. The molecule has 3 heterocycles. The Kier molecular flexibility index (Phi) is 3.25. The molecule has 2 bridgehead atoms. The number of fused-ring (bicyclic) bond motifs is 2. The number of amides is 3. The van der Waals surface area contributed by atoms with E-state index in [2.05, 4.69) is 14.9 Å². The van der Waals surface area contributed by atoms with Crippen molar-refractivity contribution in [3.63, 3.8) is 0 Å². The quantitative estimate of drug-likeness (QED) is 0.545. The van der Waals surface area contributed by atoms with E-state index in [1.807, 2.05) is 0 Å². The SMILES string of the molecule is [2H]C1([2H])CNCC([2H])([2H])C1NC(=O)[C@@H]1CC[C@@H]2CN1C(=O)N2OS(=O)(=O)O. The van der Waals surface area contributed by atoms with E-state index in [1.165, 1.54) is 0 Å². The summed E-state index contributed by atoms with van der Waals surface area (Å²) in [5, 5.41) is 5.53. The third-order valence-electron chi connectivity index (χ3n) is 3.95. The molecule has 11 heteroatoms. The van der Waals surface area contributed by atoms with Crippen LogP contribution in [-0.4, -0.2) is 72.6 Å². The van der Waals surface area contributed by atoms with E-state index < -0.39 is 53.2 Å². The molecule has 0 radical (unpaired) electrons. The number of hydrogen-bond donors (Lipinski definition) is 3. The molecule has 10 nitrogen and oxygen atoms in total. The number of carbonyl (C=O) groups is 2. The Hall–Kier alpha value is -1.43. The highest BCUT2D eigenvalue weighted by Gasteiger charge is 2.49. The maximum Gasteiger partial charge on any atom is 0.418 e. The first-order valence-electron chi connectivity index (χ1n) is 9.10. The van der Waals surface area contributed by atoms with Gasteiger partial charge in [-0.2, -0.15) is 13.5 Å². The van der Waals surface area contributed by atoms with E-state index in [-0.39, 0.29) is 32.5 Å². The van der Waals surface area contributed by atoms with Crippen LogP contribution in [0, 0.1) is 0 Å². The molecule has 0 aromatic heterocycles. The summed E-state index contributed by atoms with van der Waals surface area (Å²) in [5.74, 6) is -0.727. The molecule has 3 fully saturated rings. The average molecular weight is 352 g/mol. The normalized spacial score (nSPS) is 36.0. The number of nitrogens with zero attached hydrogens (tertiary/aromatic N) is 2. The molecule has 23 heavy (non-hydrogen) atoms. The highest BCUT2D eigenvalue weighted by molar-refractivity contribution is 7.80. The standard InChI is InChI=1S/C12H20N4O6S/c17-11(14-8-3-5-13-6-4-8)10-2-1-9-7-15(10)12(18)16(9)22-23(19,20)21/h8-10,13H,1-7H2,(H,14,17)(H,19,20,21)/t9-,10+/m1/s1/i3D2,4D2. The van der Waals surface area contributed by atoms with Crippen molar-refractivity contribution in [1.82, 2.24) is 20.6 Å². The van der Waals surface area contributed by atoms with E-state index in [0.717, 1.165) is 4.90 Å². The number of hydroxylamine groups is 2. The third kappa shape index (κ3) is 3.57.